The van der Waals surface area contributed by atoms with Gasteiger partial charge < -0.3 is 0 Å². The Morgan fingerprint density at radius 1 is 1.00 bits per heavy atom. The molecule has 1 fully saturated rings. The van der Waals surface area contributed by atoms with Crippen molar-refractivity contribution in [1.82, 2.24) is 9.21 Å². The summed E-state index contributed by atoms with van der Waals surface area (Å²) in [6.45, 7) is 2.43. The van der Waals surface area contributed by atoms with Crippen molar-refractivity contribution < 1.29 is 17.2 Å². The highest BCUT2D eigenvalue weighted by Crippen LogP contribution is 2.22. The van der Waals surface area contributed by atoms with E-state index in [4.69, 9.17) is 0 Å². The van der Waals surface area contributed by atoms with Crippen LogP contribution in [-0.4, -0.2) is 50.1 Å². The first-order valence-electron chi connectivity index (χ1n) is 8.20. The highest BCUT2D eigenvalue weighted by molar-refractivity contribution is 7.98. The lowest BCUT2D eigenvalue weighted by atomic mass is 10.2. The zero-order valence-electron chi connectivity index (χ0n) is 14.4. The highest BCUT2D eigenvalue weighted by atomic mass is 32.2. The Balaban J connectivity index is 1.63. The van der Waals surface area contributed by atoms with Gasteiger partial charge in [-0.25, -0.2) is 17.2 Å². The van der Waals surface area contributed by atoms with Gasteiger partial charge in [-0.2, -0.15) is 4.31 Å². The third-order valence-corrected chi connectivity index (χ3v) is 7.08. The van der Waals surface area contributed by atoms with Gasteiger partial charge in [0.2, 0.25) is 10.0 Å². The first kappa shape index (κ1) is 19.3. The fourth-order valence-corrected chi connectivity index (χ4v) is 4.82. The summed E-state index contributed by atoms with van der Waals surface area (Å²) < 4.78 is 53.4. The minimum Gasteiger partial charge on any atom is -0.296 e. The second-order valence-electron chi connectivity index (χ2n) is 6.10. The number of thioether (sulfide) groups is 1. The number of nitrogens with zero attached hydrogens (tertiary/aromatic N) is 2. The molecular weight excluding hydrogens is 378 g/mol. The van der Waals surface area contributed by atoms with Gasteiger partial charge in [-0.1, -0.05) is 12.1 Å². The van der Waals surface area contributed by atoms with Crippen molar-refractivity contribution in [3.63, 3.8) is 0 Å². The summed E-state index contributed by atoms with van der Waals surface area (Å²) in [7, 11) is -3.95. The lowest BCUT2D eigenvalue weighted by molar-refractivity contribution is 0.181. The molecule has 0 aromatic heterocycles. The molecular formula is C18H20F2N2O2S2. The van der Waals surface area contributed by atoms with E-state index in [9.17, 15) is 17.2 Å². The molecule has 140 valence electrons. The SMILES string of the molecule is CSc1ccc(CN2CCN(S(=O)(=O)c3ccc(F)cc3F)CC2)cc1. The van der Waals surface area contributed by atoms with Crippen molar-refractivity contribution >= 4 is 21.8 Å². The van der Waals surface area contributed by atoms with Crippen LogP contribution in [0, 0.1) is 11.6 Å². The van der Waals surface area contributed by atoms with Crippen molar-refractivity contribution in [2.45, 2.75) is 16.3 Å². The molecule has 0 N–H and O–H groups in total. The molecule has 1 aliphatic heterocycles. The number of sulfonamides is 1. The van der Waals surface area contributed by atoms with Crippen LogP contribution in [0.15, 0.2) is 52.3 Å². The molecule has 2 aromatic rings. The number of rotatable bonds is 5. The van der Waals surface area contributed by atoms with E-state index in [0.717, 1.165) is 18.7 Å². The van der Waals surface area contributed by atoms with Crippen LogP contribution in [-0.2, 0) is 16.6 Å². The average molecular weight is 399 g/mol. The summed E-state index contributed by atoms with van der Waals surface area (Å²) in [6.07, 6.45) is 2.03. The molecule has 3 rings (SSSR count). The number of hydrogen-bond donors (Lipinski definition) is 0. The third-order valence-electron chi connectivity index (χ3n) is 4.41. The molecule has 26 heavy (non-hydrogen) atoms. The Morgan fingerprint density at radius 2 is 1.65 bits per heavy atom. The predicted octanol–water partition coefficient (Wildman–Crippen LogP) is 3.19. The summed E-state index contributed by atoms with van der Waals surface area (Å²) in [5, 5.41) is 0. The van der Waals surface area contributed by atoms with Crippen LogP contribution in [0.25, 0.3) is 0 Å². The normalized spacial score (nSPS) is 16.7. The van der Waals surface area contributed by atoms with E-state index in [-0.39, 0.29) is 13.1 Å². The maximum absolute atomic E-state index is 13.9. The molecule has 0 aliphatic carbocycles. The molecule has 8 heteroatoms. The van der Waals surface area contributed by atoms with Gasteiger partial charge in [0.05, 0.1) is 0 Å². The van der Waals surface area contributed by atoms with Crippen LogP contribution in [0.4, 0.5) is 8.78 Å². The van der Waals surface area contributed by atoms with E-state index < -0.39 is 26.6 Å². The zero-order valence-corrected chi connectivity index (χ0v) is 16.0. The monoisotopic (exact) mass is 398 g/mol. The van der Waals surface area contributed by atoms with Crippen LogP contribution in [0.1, 0.15) is 5.56 Å². The van der Waals surface area contributed by atoms with E-state index in [1.807, 2.05) is 6.26 Å². The molecule has 0 saturated carbocycles. The Kier molecular flexibility index (Phi) is 5.96. The van der Waals surface area contributed by atoms with Gasteiger partial charge in [0, 0.05) is 43.7 Å². The molecule has 0 amide bonds. The Hall–Kier alpha value is -1.48. The summed E-state index contributed by atoms with van der Waals surface area (Å²) in [4.78, 5) is 2.90. The molecule has 2 aromatic carbocycles. The van der Waals surface area contributed by atoms with Crippen molar-refractivity contribution in [2.24, 2.45) is 0 Å². The van der Waals surface area contributed by atoms with Crippen LogP contribution in [0.2, 0.25) is 0 Å². The molecule has 0 bridgehead atoms. The van der Waals surface area contributed by atoms with Crippen molar-refractivity contribution in [3.05, 3.63) is 59.7 Å². The molecule has 1 aliphatic rings. The summed E-state index contributed by atoms with van der Waals surface area (Å²) in [5.41, 5.74) is 1.17. The first-order valence-corrected chi connectivity index (χ1v) is 10.9. The molecule has 1 saturated heterocycles. The molecule has 0 radical (unpaired) electrons. The van der Waals surface area contributed by atoms with E-state index in [2.05, 4.69) is 29.2 Å². The fourth-order valence-electron chi connectivity index (χ4n) is 2.94. The largest absolute Gasteiger partial charge is 0.296 e. The summed E-state index contributed by atoms with van der Waals surface area (Å²) >= 11 is 1.69. The van der Waals surface area contributed by atoms with Crippen molar-refractivity contribution in [1.29, 1.82) is 0 Å². The van der Waals surface area contributed by atoms with Crippen LogP contribution in [0.3, 0.4) is 0 Å². The van der Waals surface area contributed by atoms with Crippen LogP contribution >= 0.6 is 11.8 Å². The van der Waals surface area contributed by atoms with Crippen LogP contribution in [0.5, 0.6) is 0 Å². The highest BCUT2D eigenvalue weighted by Gasteiger charge is 2.30. The topological polar surface area (TPSA) is 40.6 Å². The molecule has 1 heterocycles. The molecule has 0 atom stereocenters. The maximum atomic E-state index is 13.9. The average Bonchev–Trinajstić information content (AvgIpc) is 2.62. The van der Waals surface area contributed by atoms with E-state index in [1.165, 1.54) is 14.8 Å². The summed E-state index contributed by atoms with van der Waals surface area (Å²) in [6, 6.07) is 10.8. The Bertz CT molecular complexity index is 865. The van der Waals surface area contributed by atoms with Gasteiger partial charge in [0.1, 0.15) is 16.5 Å². The lowest BCUT2D eigenvalue weighted by Gasteiger charge is -2.34. The first-order chi connectivity index (χ1) is 12.4. The van der Waals surface area contributed by atoms with Crippen molar-refractivity contribution in [2.75, 3.05) is 32.4 Å². The minimum absolute atomic E-state index is 0.280. The lowest BCUT2D eigenvalue weighted by Crippen LogP contribution is -2.48. The van der Waals surface area contributed by atoms with Gasteiger partial charge >= 0.3 is 0 Å². The van der Waals surface area contributed by atoms with E-state index in [0.29, 0.717) is 19.2 Å². The van der Waals surface area contributed by atoms with Gasteiger partial charge in [-0.15, -0.1) is 11.8 Å². The van der Waals surface area contributed by atoms with Gasteiger partial charge in [0.15, 0.2) is 0 Å². The molecule has 0 unspecified atom stereocenters. The second-order valence-corrected chi connectivity index (χ2v) is 8.89. The number of halogens is 2. The number of hydrogen-bond acceptors (Lipinski definition) is 4. The molecule has 0 spiro atoms. The van der Waals surface area contributed by atoms with Crippen LogP contribution < -0.4 is 0 Å². The van der Waals surface area contributed by atoms with Gasteiger partial charge in [-0.3, -0.25) is 4.90 Å². The van der Waals surface area contributed by atoms with Gasteiger partial charge in [-0.05, 0) is 36.1 Å². The second kappa shape index (κ2) is 8.04. The molecule has 4 nitrogen and oxygen atoms in total. The number of benzene rings is 2. The Morgan fingerprint density at radius 3 is 2.23 bits per heavy atom. The predicted molar refractivity (Wildman–Crippen MR) is 98.6 cm³/mol. The van der Waals surface area contributed by atoms with E-state index >= 15 is 0 Å². The minimum atomic E-state index is -3.95. The van der Waals surface area contributed by atoms with Crippen molar-refractivity contribution in [3.8, 4) is 0 Å². The van der Waals surface area contributed by atoms with E-state index in [1.54, 1.807) is 11.8 Å². The maximum Gasteiger partial charge on any atom is 0.246 e. The third kappa shape index (κ3) is 4.25. The quantitative estimate of drug-likeness (QED) is 0.726. The fraction of sp³-hybridized carbons (Fsp3) is 0.333. The number of piperazine rings is 1. The van der Waals surface area contributed by atoms with Gasteiger partial charge in [0.25, 0.3) is 0 Å². The standard InChI is InChI=1S/C18H20F2N2O2S2/c1-25-16-5-2-14(3-6-16)13-21-8-10-22(11-9-21)26(23,24)18-7-4-15(19)12-17(18)20/h2-7,12H,8-11,13H2,1H3. The zero-order chi connectivity index (χ0) is 18.7. The Labute approximate surface area is 156 Å². The summed E-state index contributed by atoms with van der Waals surface area (Å²) in [5.74, 6) is -1.85. The smallest absolute Gasteiger partial charge is 0.246 e.